The van der Waals surface area contributed by atoms with Crippen molar-refractivity contribution in [3.05, 3.63) is 0 Å². The Morgan fingerprint density at radius 3 is 2.92 bits per heavy atom. The van der Waals surface area contributed by atoms with Gasteiger partial charge in [0.1, 0.15) is 0 Å². The van der Waals surface area contributed by atoms with Gasteiger partial charge in [0.25, 0.3) is 0 Å². The van der Waals surface area contributed by atoms with Gasteiger partial charge in [-0.15, -0.1) is 0 Å². The summed E-state index contributed by atoms with van der Waals surface area (Å²) >= 11 is 0. The second kappa shape index (κ2) is 3.05. The van der Waals surface area contributed by atoms with E-state index in [1.165, 1.54) is 25.8 Å². The van der Waals surface area contributed by atoms with Gasteiger partial charge < -0.3 is 5.73 Å². The molecule has 3 heteroatoms. The molecule has 2 aliphatic heterocycles. The number of primary amides is 1. The molecule has 2 aliphatic rings. The Labute approximate surface area is 72.9 Å². The molecule has 12 heavy (non-hydrogen) atoms. The first-order valence-electron chi connectivity index (χ1n) is 4.81. The Kier molecular flexibility index (Phi) is 2.05. The predicted octanol–water partition coefficient (Wildman–Crippen LogP) is 0.346. The van der Waals surface area contributed by atoms with Crippen LogP contribution in [0.1, 0.15) is 25.7 Å². The van der Waals surface area contributed by atoms with Gasteiger partial charge >= 0.3 is 0 Å². The summed E-state index contributed by atoms with van der Waals surface area (Å²) in [5, 5.41) is 0. The summed E-state index contributed by atoms with van der Waals surface area (Å²) in [5.41, 5.74) is 5.29. The van der Waals surface area contributed by atoms with Crippen LogP contribution in [-0.2, 0) is 4.79 Å². The first-order valence-corrected chi connectivity index (χ1v) is 4.81. The minimum atomic E-state index is -0.107. The number of rotatable bonds is 1. The van der Waals surface area contributed by atoms with E-state index in [2.05, 4.69) is 4.90 Å². The zero-order chi connectivity index (χ0) is 8.55. The van der Waals surface area contributed by atoms with Crippen LogP contribution in [0.3, 0.4) is 0 Å². The summed E-state index contributed by atoms with van der Waals surface area (Å²) in [6.45, 7) is 2.09. The SMILES string of the molecule is NC(=O)[C@@H]1C[C@H]2CCCCN2C1. The Morgan fingerprint density at radius 2 is 2.25 bits per heavy atom. The maximum atomic E-state index is 10.9. The summed E-state index contributed by atoms with van der Waals surface area (Å²) in [7, 11) is 0. The third-order valence-electron chi connectivity index (χ3n) is 3.16. The van der Waals surface area contributed by atoms with Crippen LogP contribution in [0.2, 0.25) is 0 Å². The third-order valence-corrected chi connectivity index (χ3v) is 3.16. The fraction of sp³-hybridized carbons (Fsp3) is 0.889. The van der Waals surface area contributed by atoms with E-state index in [9.17, 15) is 4.79 Å². The second-order valence-electron chi connectivity index (χ2n) is 3.98. The van der Waals surface area contributed by atoms with Crippen molar-refractivity contribution in [1.82, 2.24) is 4.90 Å². The van der Waals surface area contributed by atoms with Crippen LogP contribution >= 0.6 is 0 Å². The van der Waals surface area contributed by atoms with E-state index in [-0.39, 0.29) is 11.8 Å². The van der Waals surface area contributed by atoms with Gasteiger partial charge in [-0.05, 0) is 25.8 Å². The minimum Gasteiger partial charge on any atom is -0.369 e. The number of carbonyl (C=O) groups is 1. The molecule has 2 fully saturated rings. The highest BCUT2D eigenvalue weighted by atomic mass is 16.1. The van der Waals surface area contributed by atoms with Crippen LogP contribution in [-0.4, -0.2) is 29.9 Å². The van der Waals surface area contributed by atoms with Gasteiger partial charge in [-0.2, -0.15) is 0 Å². The number of piperidine rings is 1. The van der Waals surface area contributed by atoms with Gasteiger partial charge in [-0.25, -0.2) is 0 Å². The quantitative estimate of drug-likeness (QED) is 0.614. The van der Waals surface area contributed by atoms with Gasteiger partial charge in [0.15, 0.2) is 0 Å². The number of fused-ring (bicyclic) bond motifs is 1. The van der Waals surface area contributed by atoms with Crippen LogP contribution in [0.5, 0.6) is 0 Å². The van der Waals surface area contributed by atoms with Gasteiger partial charge in [0.2, 0.25) is 5.91 Å². The lowest BCUT2D eigenvalue weighted by molar-refractivity contribution is -0.121. The van der Waals surface area contributed by atoms with Crippen LogP contribution < -0.4 is 5.73 Å². The molecule has 2 saturated heterocycles. The molecule has 0 aromatic carbocycles. The molecule has 2 atom stereocenters. The molecule has 2 rings (SSSR count). The number of hydrogen-bond donors (Lipinski definition) is 1. The summed E-state index contributed by atoms with van der Waals surface area (Å²) in [6, 6.07) is 0.663. The van der Waals surface area contributed by atoms with Crippen LogP contribution in [0.4, 0.5) is 0 Å². The molecule has 0 aromatic rings. The zero-order valence-corrected chi connectivity index (χ0v) is 7.33. The number of nitrogens with zero attached hydrogens (tertiary/aromatic N) is 1. The van der Waals surface area contributed by atoms with Gasteiger partial charge in [0, 0.05) is 12.6 Å². The molecule has 2 heterocycles. The fourth-order valence-corrected chi connectivity index (χ4v) is 2.46. The van der Waals surface area contributed by atoms with E-state index in [0.717, 1.165) is 13.0 Å². The lowest BCUT2D eigenvalue weighted by Crippen LogP contribution is -2.34. The summed E-state index contributed by atoms with van der Waals surface area (Å²) in [4.78, 5) is 13.4. The average Bonchev–Trinajstić information content (AvgIpc) is 2.46. The predicted molar refractivity (Wildman–Crippen MR) is 46.5 cm³/mol. The van der Waals surface area contributed by atoms with Crippen molar-refractivity contribution in [2.45, 2.75) is 31.7 Å². The van der Waals surface area contributed by atoms with Crippen molar-refractivity contribution in [2.24, 2.45) is 11.7 Å². The van der Waals surface area contributed by atoms with Crippen LogP contribution in [0.15, 0.2) is 0 Å². The highest BCUT2D eigenvalue weighted by Crippen LogP contribution is 2.29. The molecular formula is C9H16N2O. The van der Waals surface area contributed by atoms with E-state index >= 15 is 0 Å². The molecule has 0 saturated carbocycles. The molecule has 0 unspecified atom stereocenters. The summed E-state index contributed by atoms with van der Waals surface area (Å²) in [6.07, 6.45) is 4.90. The smallest absolute Gasteiger partial charge is 0.221 e. The maximum absolute atomic E-state index is 10.9. The van der Waals surface area contributed by atoms with Crippen LogP contribution in [0.25, 0.3) is 0 Å². The normalized spacial score (nSPS) is 36.3. The van der Waals surface area contributed by atoms with Crippen molar-refractivity contribution in [3.8, 4) is 0 Å². The van der Waals surface area contributed by atoms with Gasteiger partial charge in [-0.3, -0.25) is 9.69 Å². The number of carbonyl (C=O) groups excluding carboxylic acids is 1. The molecule has 0 bridgehead atoms. The van der Waals surface area contributed by atoms with Crippen LogP contribution in [0, 0.1) is 5.92 Å². The van der Waals surface area contributed by atoms with Crippen molar-refractivity contribution in [3.63, 3.8) is 0 Å². The maximum Gasteiger partial charge on any atom is 0.221 e. The first-order chi connectivity index (χ1) is 5.77. The average molecular weight is 168 g/mol. The Bertz CT molecular complexity index is 179. The highest BCUT2D eigenvalue weighted by molar-refractivity contribution is 5.77. The molecule has 68 valence electrons. The molecule has 1 amide bonds. The molecule has 0 aromatic heterocycles. The molecule has 0 aliphatic carbocycles. The topological polar surface area (TPSA) is 46.3 Å². The number of amides is 1. The monoisotopic (exact) mass is 168 g/mol. The number of nitrogens with two attached hydrogens (primary N) is 1. The van der Waals surface area contributed by atoms with Crippen molar-refractivity contribution >= 4 is 5.91 Å². The Balaban J connectivity index is 1.98. The highest BCUT2D eigenvalue weighted by Gasteiger charge is 2.35. The summed E-state index contributed by atoms with van der Waals surface area (Å²) in [5.74, 6) is 0.0255. The molecule has 0 spiro atoms. The zero-order valence-electron chi connectivity index (χ0n) is 7.33. The van der Waals surface area contributed by atoms with Crippen molar-refractivity contribution in [1.29, 1.82) is 0 Å². The van der Waals surface area contributed by atoms with Crippen molar-refractivity contribution in [2.75, 3.05) is 13.1 Å². The second-order valence-corrected chi connectivity index (χ2v) is 3.98. The third kappa shape index (κ3) is 1.33. The largest absolute Gasteiger partial charge is 0.369 e. The van der Waals surface area contributed by atoms with E-state index in [4.69, 9.17) is 5.73 Å². The Hall–Kier alpha value is -0.570. The minimum absolute atomic E-state index is 0.107. The standard InChI is InChI=1S/C9H16N2O/c10-9(12)7-5-8-3-1-2-4-11(8)6-7/h7-8H,1-6H2,(H2,10,12)/t7-,8-/m1/s1. The lowest BCUT2D eigenvalue weighted by Gasteiger charge is -2.28. The molecule has 3 nitrogen and oxygen atoms in total. The molecule has 0 radical (unpaired) electrons. The van der Waals surface area contributed by atoms with E-state index < -0.39 is 0 Å². The fourth-order valence-electron chi connectivity index (χ4n) is 2.46. The van der Waals surface area contributed by atoms with E-state index in [1.54, 1.807) is 0 Å². The first kappa shape index (κ1) is 8.05. The Morgan fingerprint density at radius 1 is 1.42 bits per heavy atom. The number of hydrogen-bond acceptors (Lipinski definition) is 2. The molecule has 2 N–H and O–H groups in total. The van der Waals surface area contributed by atoms with E-state index in [1.807, 2.05) is 0 Å². The van der Waals surface area contributed by atoms with Gasteiger partial charge in [0.05, 0.1) is 5.92 Å². The van der Waals surface area contributed by atoms with E-state index in [0.29, 0.717) is 6.04 Å². The van der Waals surface area contributed by atoms with Gasteiger partial charge in [-0.1, -0.05) is 6.42 Å². The molecular weight excluding hydrogens is 152 g/mol. The van der Waals surface area contributed by atoms with Crippen molar-refractivity contribution < 1.29 is 4.79 Å². The lowest BCUT2D eigenvalue weighted by atomic mass is 9.99. The summed E-state index contributed by atoms with van der Waals surface area (Å²) < 4.78 is 0.